The summed E-state index contributed by atoms with van der Waals surface area (Å²) in [4.78, 5) is 37.3. The smallest absolute Gasteiger partial charge is 0.262 e. The van der Waals surface area contributed by atoms with E-state index in [4.69, 9.17) is 16.3 Å². The van der Waals surface area contributed by atoms with Gasteiger partial charge in [-0.05, 0) is 43.2 Å². The molecule has 1 aliphatic heterocycles. The van der Waals surface area contributed by atoms with E-state index in [1.165, 1.54) is 12.3 Å². The molecule has 9 heteroatoms. The predicted octanol–water partition coefficient (Wildman–Crippen LogP) is 3.71. The van der Waals surface area contributed by atoms with Crippen LogP contribution in [0.2, 0.25) is 5.02 Å². The number of hydrogen-bond donors (Lipinski definition) is 2. The monoisotopic (exact) mass is 427 g/mol. The Labute approximate surface area is 174 Å². The lowest BCUT2D eigenvalue weighted by atomic mass is 10.1. The van der Waals surface area contributed by atoms with Crippen LogP contribution in [0, 0.1) is 5.82 Å². The first-order valence-electron chi connectivity index (χ1n) is 9.32. The van der Waals surface area contributed by atoms with Crippen LogP contribution in [0.15, 0.2) is 41.3 Å². The lowest BCUT2D eigenvalue weighted by Gasteiger charge is -2.18. The highest BCUT2D eigenvalue weighted by molar-refractivity contribution is 6.31. The average Bonchev–Trinajstić information content (AvgIpc) is 3.54. The lowest BCUT2D eigenvalue weighted by molar-refractivity contribution is -0.118. The number of benzene rings is 2. The molecule has 0 spiro atoms. The second kappa shape index (κ2) is 6.84. The molecule has 0 bridgehead atoms. The highest BCUT2D eigenvalue weighted by atomic mass is 35.5. The number of anilines is 2. The van der Waals surface area contributed by atoms with Crippen LogP contribution in [-0.4, -0.2) is 23.0 Å². The zero-order chi connectivity index (χ0) is 21.0. The minimum atomic E-state index is -0.716. The molecule has 2 heterocycles. The number of fused-ring (bicyclic) bond motifs is 2. The van der Waals surface area contributed by atoms with Crippen LogP contribution in [0.1, 0.15) is 29.2 Å². The van der Waals surface area contributed by atoms with E-state index in [2.05, 4.69) is 10.6 Å². The van der Waals surface area contributed by atoms with E-state index in [1.807, 2.05) is 0 Å². The van der Waals surface area contributed by atoms with Gasteiger partial charge in [0.15, 0.2) is 6.61 Å². The molecule has 152 valence electrons. The van der Waals surface area contributed by atoms with Crippen LogP contribution in [0.4, 0.5) is 15.8 Å². The van der Waals surface area contributed by atoms with E-state index >= 15 is 0 Å². The van der Waals surface area contributed by atoms with Crippen LogP contribution in [0.25, 0.3) is 10.9 Å². The van der Waals surface area contributed by atoms with Crippen molar-refractivity contribution < 1.29 is 18.7 Å². The van der Waals surface area contributed by atoms with Gasteiger partial charge < -0.3 is 19.9 Å². The number of rotatable bonds is 3. The third kappa shape index (κ3) is 3.19. The minimum Gasteiger partial charge on any atom is -0.482 e. The van der Waals surface area contributed by atoms with Crippen molar-refractivity contribution in [1.82, 2.24) is 4.57 Å². The number of carbonyl (C=O) groups excluding carboxylic acids is 2. The van der Waals surface area contributed by atoms with E-state index in [0.717, 1.165) is 18.9 Å². The SMILES string of the molecule is O=C1COc2ccc(NC(=O)c3cn(C4CC4)c4cc(Cl)c(F)cc4c3=O)cc2N1. The summed E-state index contributed by atoms with van der Waals surface area (Å²) in [5, 5.41) is 5.34. The van der Waals surface area contributed by atoms with Gasteiger partial charge in [0.05, 0.1) is 16.2 Å². The maximum atomic E-state index is 14.0. The van der Waals surface area contributed by atoms with Gasteiger partial charge in [0.25, 0.3) is 11.8 Å². The van der Waals surface area contributed by atoms with Crippen molar-refractivity contribution in [3.63, 3.8) is 0 Å². The summed E-state index contributed by atoms with van der Waals surface area (Å²) >= 11 is 5.91. The summed E-state index contributed by atoms with van der Waals surface area (Å²) in [5.41, 5.74) is 0.622. The van der Waals surface area contributed by atoms with Crippen LogP contribution in [0.3, 0.4) is 0 Å². The van der Waals surface area contributed by atoms with E-state index in [-0.39, 0.29) is 34.5 Å². The second-order valence-corrected chi connectivity index (χ2v) is 7.70. The summed E-state index contributed by atoms with van der Waals surface area (Å²) in [5.74, 6) is -1.16. The number of halogens is 2. The van der Waals surface area contributed by atoms with Crippen molar-refractivity contribution in [1.29, 1.82) is 0 Å². The Balaban J connectivity index is 1.55. The second-order valence-electron chi connectivity index (χ2n) is 7.30. The zero-order valence-electron chi connectivity index (χ0n) is 15.5. The molecule has 0 radical (unpaired) electrons. The first-order valence-corrected chi connectivity index (χ1v) is 9.70. The standard InChI is InChI=1S/C21H15ClFN3O4/c22-14-7-17-12(6-15(14)23)20(28)13(8-26(17)11-2-3-11)21(29)24-10-1-4-18-16(5-10)25-19(27)9-30-18/h1,4-8,11H,2-3,9H2,(H,24,29)(H,25,27). The molecular formula is C21H15ClFN3O4. The fourth-order valence-electron chi connectivity index (χ4n) is 3.52. The molecule has 2 amide bonds. The topological polar surface area (TPSA) is 89.4 Å². The molecule has 3 aromatic rings. The van der Waals surface area contributed by atoms with Gasteiger partial charge in [-0.2, -0.15) is 0 Å². The van der Waals surface area contributed by atoms with Crippen molar-refractivity contribution in [2.45, 2.75) is 18.9 Å². The fourth-order valence-corrected chi connectivity index (χ4v) is 3.68. The van der Waals surface area contributed by atoms with Crippen molar-refractivity contribution in [3.05, 3.63) is 63.2 Å². The van der Waals surface area contributed by atoms with Gasteiger partial charge >= 0.3 is 0 Å². The van der Waals surface area contributed by atoms with E-state index in [9.17, 15) is 18.8 Å². The largest absolute Gasteiger partial charge is 0.482 e. The summed E-state index contributed by atoms with van der Waals surface area (Å²) in [7, 11) is 0. The molecule has 0 atom stereocenters. The Morgan fingerprint density at radius 1 is 1.23 bits per heavy atom. The van der Waals surface area contributed by atoms with E-state index in [1.54, 1.807) is 22.8 Å². The summed E-state index contributed by atoms with van der Waals surface area (Å²) in [6, 6.07) is 7.39. The highest BCUT2D eigenvalue weighted by Gasteiger charge is 2.27. The number of nitrogens with zero attached hydrogens (tertiary/aromatic N) is 1. The maximum absolute atomic E-state index is 14.0. The molecule has 2 aromatic carbocycles. The van der Waals surface area contributed by atoms with Crippen molar-refractivity contribution in [3.8, 4) is 5.75 Å². The summed E-state index contributed by atoms with van der Waals surface area (Å²) in [6.07, 6.45) is 3.30. The van der Waals surface area contributed by atoms with Gasteiger partial charge in [0, 0.05) is 23.3 Å². The van der Waals surface area contributed by atoms with Crippen molar-refractivity contribution in [2.75, 3.05) is 17.2 Å². The van der Waals surface area contributed by atoms with Gasteiger partial charge in [-0.25, -0.2) is 4.39 Å². The molecule has 5 rings (SSSR count). The van der Waals surface area contributed by atoms with Crippen molar-refractivity contribution in [2.24, 2.45) is 0 Å². The molecule has 1 aliphatic carbocycles. The highest BCUT2D eigenvalue weighted by Crippen LogP contribution is 2.38. The molecule has 1 saturated carbocycles. The molecule has 0 unspecified atom stereocenters. The van der Waals surface area contributed by atoms with Gasteiger partial charge in [-0.3, -0.25) is 14.4 Å². The number of ether oxygens (including phenoxy) is 1. The van der Waals surface area contributed by atoms with E-state index < -0.39 is 17.2 Å². The molecule has 1 fully saturated rings. The van der Waals surface area contributed by atoms with Gasteiger partial charge in [0.1, 0.15) is 17.1 Å². The fraction of sp³-hybridized carbons (Fsp3) is 0.190. The average molecular weight is 428 g/mol. The number of pyridine rings is 1. The van der Waals surface area contributed by atoms with Gasteiger partial charge in [-0.1, -0.05) is 11.6 Å². The Hall–Kier alpha value is -3.39. The lowest BCUT2D eigenvalue weighted by Crippen LogP contribution is -2.26. The number of carbonyl (C=O) groups is 2. The molecule has 2 N–H and O–H groups in total. The van der Waals surface area contributed by atoms with Crippen LogP contribution in [-0.2, 0) is 4.79 Å². The Morgan fingerprint density at radius 2 is 2.03 bits per heavy atom. The van der Waals surface area contributed by atoms with Crippen LogP contribution >= 0.6 is 11.6 Å². The number of amides is 2. The molecule has 1 aromatic heterocycles. The Morgan fingerprint density at radius 3 is 2.80 bits per heavy atom. The van der Waals surface area contributed by atoms with Crippen molar-refractivity contribution >= 4 is 45.7 Å². The van der Waals surface area contributed by atoms with Gasteiger partial charge in [0.2, 0.25) is 5.43 Å². The zero-order valence-corrected chi connectivity index (χ0v) is 16.3. The molecule has 7 nitrogen and oxygen atoms in total. The quantitative estimate of drug-likeness (QED) is 0.666. The van der Waals surface area contributed by atoms with Crippen LogP contribution < -0.4 is 20.8 Å². The maximum Gasteiger partial charge on any atom is 0.262 e. The number of aromatic nitrogens is 1. The summed E-state index contributed by atoms with van der Waals surface area (Å²) < 4.78 is 21.1. The predicted molar refractivity (Wildman–Crippen MR) is 110 cm³/mol. The Kier molecular flexibility index (Phi) is 4.25. The first kappa shape index (κ1) is 18.6. The third-order valence-electron chi connectivity index (χ3n) is 5.13. The molecule has 30 heavy (non-hydrogen) atoms. The number of nitrogens with one attached hydrogen (secondary N) is 2. The number of hydrogen-bond acceptors (Lipinski definition) is 4. The summed E-state index contributed by atoms with van der Waals surface area (Å²) in [6.45, 7) is -0.0723. The Bertz CT molecular complexity index is 1300. The first-order chi connectivity index (χ1) is 14.4. The normalized spacial score (nSPS) is 15.3. The minimum absolute atomic E-state index is 0.0723. The van der Waals surface area contributed by atoms with E-state index in [0.29, 0.717) is 22.6 Å². The third-order valence-corrected chi connectivity index (χ3v) is 5.42. The molecular weight excluding hydrogens is 413 g/mol. The molecule has 2 aliphatic rings. The van der Waals surface area contributed by atoms with Gasteiger partial charge in [-0.15, -0.1) is 0 Å². The van der Waals surface area contributed by atoms with Crippen LogP contribution in [0.5, 0.6) is 5.75 Å². The molecule has 0 saturated heterocycles.